The summed E-state index contributed by atoms with van der Waals surface area (Å²) in [6.45, 7) is 0. The van der Waals surface area contributed by atoms with Gasteiger partial charge in [0.15, 0.2) is 0 Å². The first-order chi connectivity index (χ1) is 16.3. The molecule has 0 atom stereocenters. The lowest BCUT2D eigenvalue weighted by molar-refractivity contribution is 1.27. The summed E-state index contributed by atoms with van der Waals surface area (Å²) in [7, 11) is 0. The third kappa shape index (κ3) is 2.81. The average molecular weight is 422 g/mol. The van der Waals surface area contributed by atoms with Crippen molar-refractivity contribution in [3.05, 3.63) is 109 Å². The lowest BCUT2D eigenvalue weighted by Gasteiger charge is -2.11. The Bertz CT molecular complexity index is 1830. The number of hydrogen-bond donors (Lipinski definition) is 0. The molecular weight excluding hydrogens is 404 g/mol. The van der Waals surface area contributed by atoms with E-state index < -0.39 is 0 Å². The second-order valence-electron chi connectivity index (χ2n) is 8.19. The van der Waals surface area contributed by atoms with Crippen LogP contribution >= 0.6 is 0 Å². The molecule has 0 N–H and O–H groups in total. The molecular formula is C29H18N4. The smallest absolute Gasteiger partial charge is 0.0951 e. The zero-order valence-electron chi connectivity index (χ0n) is 17.7. The van der Waals surface area contributed by atoms with Gasteiger partial charge in [0.05, 0.1) is 44.5 Å². The van der Waals surface area contributed by atoms with E-state index in [1.54, 1.807) is 6.20 Å². The number of rotatable bonds is 2. The number of fused-ring (bicyclic) bond motifs is 6. The van der Waals surface area contributed by atoms with Gasteiger partial charge in [-0.25, -0.2) is 9.97 Å². The van der Waals surface area contributed by atoms with Gasteiger partial charge < -0.3 is 4.40 Å². The van der Waals surface area contributed by atoms with E-state index in [4.69, 9.17) is 9.97 Å². The summed E-state index contributed by atoms with van der Waals surface area (Å²) in [5.41, 5.74) is 10.2. The topological polar surface area (TPSA) is 43.1 Å². The number of para-hydroxylation sites is 3. The van der Waals surface area contributed by atoms with E-state index in [-0.39, 0.29) is 0 Å². The number of hydrogen-bond acceptors (Lipinski definition) is 3. The van der Waals surface area contributed by atoms with Gasteiger partial charge in [-0.2, -0.15) is 0 Å². The molecule has 4 heterocycles. The van der Waals surface area contributed by atoms with Crippen molar-refractivity contribution in [1.29, 1.82) is 0 Å². The summed E-state index contributed by atoms with van der Waals surface area (Å²) in [5, 5.41) is 1.21. The van der Waals surface area contributed by atoms with Gasteiger partial charge in [0.25, 0.3) is 0 Å². The van der Waals surface area contributed by atoms with E-state index in [0.717, 1.165) is 50.1 Å². The number of nitrogens with zero attached hydrogens (tertiary/aromatic N) is 4. The van der Waals surface area contributed by atoms with Crippen LogP contribution in [0.15, 0.2) is 109 Å². The largest absolute Gasteiger partial charge is 0.306 e. The van der Waals surface area contributed by atoms with Crippen LogP contribution in [0.3, 0.4) is 0 Å². The first-order valence-electron chi connectivity index (χ1n) is 11.0. The van der Waals surface area contributed by atoms with Gasteiger partial charge in [0.2, 0.25) is 0 Å². The maximum Gasteiger partial charge on any atom is 0.0951 e. The molecule has 0 amide bonds. The third-order valence-electron chi connectivity index (χ3n) is 6.20. The minimum absolute atomic E-state index is 0.893. The van der Waals surface area contributed by atoms with Crippen molar-refractivity contribution in [2.24, 2.45) is 0 Å². The van der Waals surface area contributed by atoms with Gasteiger partial charge in [-0.3, -0.25) is 4.98 Å². The Labute approximate surface area is 189 Å². The van der Waals surface area contributed by atoms with Crippen LogP contribution in [0.2, 0.25) is 0 Å². The summed E-state index contributed by atoms with van der Waals surface area (Å²) < 4.78 is 2.32. The van der Waals surface area contributed by atoms with E-state index in [1.807, 2.05) is 30.3 Å². The molecule has 0 saturated heterocycles. The Morgan fingerprint density at radius 3 is 2.30 bits per heavy atom. The van der Waals surface area contributed by atoms with Gasteiger partial charge in [0.1, 0.15) is 0 Å². The first-order valence-corrected chi connectivity index (χ1v) is 11.0. The number of benzene rings is 3. The van der Waals surface area contributed by atoms with E-state index in [2.05, 4.69) is 82.2 Å². The van der Waals surface area contributed by atoms with E-state index in [9.17, 15) is 0 Å². The molecule has 33 heavy (non-hydrogen) atoms. The Morgan fingerprint density at radius 2 is 1.33 bits per heavy atom. The van der Waals surface area contributed by atoms with Crippen LogP contribution in [-0.2, 0) is 0 Å². The highest BCUT2D eigenvalue weighted by molar-refractivity contribution is 5.98. The standard InChI is InChI=1S/C29H18N4/c1-3-12-26-20(7-1)18-28-29(32-25-10-2-4-13-27(25)33(26)28)21-9-5-8-19(17-21)22-14-15-23-24(31-22)11-6-16-30-23/h1-18H. The highest BCUT2D eigenvalue weighted by atomic mass is 14.9. The lowest BCUT2D eigenvalue weighted by atomic mass is 10.0. The molecule has 0 spiro atoms. The summed E-state index contributed by atoms with van der Waals surface area (Å²) in [6, 6.07) is 35.5. The summed E-state index contributed by atoms with van der Waals surface area (Å²) in [6.07, 6.45) is 1.79. The van der Waals surface area contributed by atoms with Crippen molar-refractivity contribution in [2.75, 3.05) is 0 Å². The summed E-state index contributed by atoms with van der Waals surface area (Å²) in [5.74, 6) is 0. The predicted octanol–water partition coefficient (Wildman–Crippen LogP) is 6.92. The quantitative estimate of drug-likeness (QED) is 0.304. The van der Waals surface area contributed by atoms with Crippen LogP contribution < -0.4 is 0 Å². The van der Waals surface area contributed by atoms with Gasteiger partial charge in [-0.1, -0.05) is 48.5 Å². The third-order valence-corrected chi connectivity index (χ3v) is 6.20. The molecule has 3 aromatic carbocycles. The number of aromatic nitrogens is 4. The molecule has 0 aliphatic rings. The molecule has 0 bridgehead atoms. The second-order valence-corrected chi connectivity index (χ2v) is 8.19. The zero-order chi connectivity index (χ0) is 21.8. The Kier molecular flexibility index (Phi) is 3.81. The fourth-order valence-electron chi connectivity index (χ4n) is 4.67. The maximum absolute atomic E-state index is 5.10. The van der Waals surface area contributed by atoms with Crippen molar-refractivity contribution in [3.8, 4) is 22.5 Å². The van der Waals surface area contributed by atoms with Crippen LogP contribution in [-0.4, -0.2) is 19.4 Å². The summed E-state index contributed by atoms with van der Waals surface area (Å²) >= 11 is 0. The normalized spacial score (nSPS) is 11.6. The Hall–Kier alpha value is -4.57. The molecule has 4 heteroatoms. The van der Waals surface area contributed by atoms with Crippen LogP contribution in [0.1, 0.15) is 0 Å². The molecule has 0 radical (unpaired) electrons. The minimum atomic E-state index is 0.893. The zero-order valence-corrected chi connectivity index (χ0v) is 17.7. The molecule has 0 unspecified atom stereocenters. The maximum atomic E-state index is 5.10. The average Bonchev–Trinajstić information content (AvgIpc) is 3.28. The molecule has 0 aliphatic heterocycles. The SMILES string of the molecule is c1cc(-c2ccc3ncccc3n2)cc(-c2nc3ccccc3n3c2cc2ccccc23)c1. The molecule has 4 nitrogen and oxygen atoms in total. The van der Waals surface area contributed by atoms with Gasteiger partial charge in [-0.05, 0) is 54.6 Å². The lowest BCUT2D eigenvalue weighted by Crippen LogP contribution is -1.95. The highest BCUT2D eigenvalue weighted by Crippen LogP contribution is 2.33. The molecule has 7 aromatic rings. The van der Waals surface area contributed by atoms with Crippen LogP contribution in [0.4, 0.5) is 0 Å². The van der Waals surface area contributed by atoms with Gasteiger partial charge in [0, 0.05) is 22.7 Å². The molecule has 154 valence electrons. The molecule has 0 aliphatic carbocycles. The Balaban J connectivity index is 1.49. The predicted molar refractivity (Wildman–Crippen MR) is 134 cm³/mol. The van der Waals surface area contributed by atoms with Crippen molar-refractivity contribution in [2.45, 2.75) is 0 Å². The highest BCUT2D eigenvalue weighted by Gasteiger charge is 2.14. The van der Waals surface area contributed by atoms with Crippen LogP contribution in [0.5, 0.6) is 0 Å². The van der Waals surface area contributed by atoms with E-state index >= 15 is 0 Å². The van der Waals surface area contributed by atoms with Gasteiger partial charge >= 0.3 is 0 Å². The van der Waals surface area contributed by atoms with Crippen LogP contribution in [0, 0.1) is 0 Å². The monoisotopic (exact) mass is 422 g/mol. The minimum Gasteiger partial charge on any atom is -0.306 e. The van der Waals surface area contributed by atoms with Crippen molar-refractivity contribution < 1.29 is 0 Å². The number of pyridine rings is 2. The molecule has 4 aromatic heterocycles. The van der Waals surface area contributed by atoms with Crippen molar-refractivity contribution in [3.63, 3.8) is 0 Å². The van der Waals surface area contributed by atoms with Crippen molar-refractivity contribution in [1.82, 2.24) is 19.4 Å². The molecule has 0 fully saturated rings. The molecule has 0 saturated carbocycles. The van der Waals surface area contributed by atoms with Crippen LogP contribution in [0.25, 0.3) is 61.0 Å². The fourth-order valence-corrected chi connectivity index (χ4v) is 4.67. The van der Waals surface area contributed by atoms with E-state index in [0.29, 0.717) is 0 Å². The first kappa shape index (κ1) is 18.0. The van der Waals surface area contributed by atoms with Crippen molar-refractivity contribution >= 4 is 38.5 Å². The van der Waals surface area contributed by atoms with Gasteiger partial charge in [-0.15, -0.1) is 0 Å². The second kappa shape index (κ2) is 6.97. The summed E-state index contributed by atoms with van der Waals surface area (Å²) in [4.78, 5) is 14.3. The molecule has 7 rings (SSSR count). The Morgan fingerprint density at radius 1 is 0.515 bits per heavy atom. The van der Waals surface area contributed by atoms with E-state index in [1.165, 1.54) is 10.9 Å². The fraction of sp³-hybridized carbons (Fsp3) is 0.